The maximum absolute atomic E-state index is 13.6. The lowest BCUT2D eigenvalue weighted by Gasteiger charge is -2.31. The van der Waals surface area contributed by atoms with Gasteiger partial charge in [-0.1, -0.05) is 29.5 Å². The van der Waals surface area contributed by atoms with Crippen molar-refractivity contribution in [1.82, 2.24) is 14.9 Å². The van der Waals surface area contributed by atoms with E-state index in [2.05, 4.69) is 14.9 Å². The van der Waals surface area contributed by atoms with Gasteiger partial charge in [-0.15, -0.1) is 5.10 Å². The Balaban J connectivity index is 1.81. The van der Waals surface area contributed by atoms with E-state index in [1.165, 1.54) is 11.2 Å². The van der Waals surface area contributed by atoms with Gasteiger partial charge in [-0.3, -0.25) is 14.5 Å². The van der Waals surface area contributed by atoms with Crippen LogP contribution in [0.25, 0.3) is 0 Å². The molecule has 1 saturated carbocycles. The van der Waals surface area contributed by atoms with E-state index in [4.69, 9.17) is 4.42 Å². The number of hydrogen-bond acceptors (Lipinski definition) is 6. The number of nitrogens with zero attached hydrogens (tertiary/aromatic N) is 3. The maximum Gasteiger partial charge on any atom is 0.280 e. The third-order valence-electron chi connectivity index (χ3n) is 5.44. The van der Waals surface area contributed by atoms with Crippen LogP contribution in [0.3, 0.4) is 0 Å². The summed E-state index contributed by atoms with van der Waals surface area (Å²) in [6.45, 7) is 3.87. The molecule has 1 fully saturated rings. The number of hydrogen-bond donors (Lipinski definition) is 1. The highest BCUT2D eigenvalue weighted by Crippen LogP contribution is 2.33. The smallest absolute Gasteiger partial charge is 0.280 e. The van der Waals surface area contributed by atoms with Crippen LogP contribution in [0.4, 0.5) is 5.69 Å². The molecule has 8 heteroatoms. The van der Waals surface area contributed by atoms with E-state index >= 15 is 0 Å². The van der Waals surface area contributed by atoms with Gasteiger partial charge in [0.2, 0.25) is 0 Å². The van der Waals surface area contributed by atoms with Crippen molar-refractivity contribution in [2.24, 2.45) is 0 Å². The van der Waals surface area contributed by atoms with Crippen LogP contribution in [0.1, 0.15) is 59.1 Å². The van der Waals surface area contributed by atoms with Gasteiger partial charge in [-0.2, -0.15) is 0 Å². The van der Waals surface area contributed by atoms with Gasteiger partial charge in [0.25, 0.3) is 11.8 Å². The van der Waals surface area contributed by atoms with Gasteiger partial charge in [0.05, 0.1) is 6.26 Å². The molecule has 0 radical (unpaired) electrons. The molecule has 1 aromatic carbocycles. The number of aromatic nitrogens is 2. The second kappa shape index (κ2) is 8.79. The number of amides is 2. The van der Waals surface area contributed by atoms with Crippen LogP contribution < -0.4 is 10.2 Å². The summed E-state index contributed by atoms with van der Waals surface area (Å²) >= 11 is 1.10. The van der Waals surface area contributed by atoms with E-state index in [1.54, 1.807) is 17.5 Å². The molecule has 2 aromatic heterocycles. The van der Waals surface area contributed by atoms with Crippen molar-refractivity contribution in [3.05, 3.63) is 64.6 Å². The van der Waals surface area contributed by atoms with Crippen LogP contribution in [-0.4, -0.2) is 27.4 Å². The molecular formula is C22H24N4O3S. The number of anilines is 1. The van der Waals surface area contributed by atoms with Gasteiger partial charge in [0, 0.05) is 17.1 Å². The van der Waals surface area contributed by atoms with E-state index < -0.39 is 6.04 Å². The average molecular weight is 425 g/mol. The van der Waals surface area contributed by atoms with E-state index in [-0.39, 0.29) is 23.6 Å². The molecule has 0 aliphatic heterocycles. The summed E-state index contributed by atoms with van der Waals surface area (Å²) in [5, 5.41) is 8.67. The van der Waals surface area contributed by atoms with Gasteiger partial charge < -0.3 is 9.73 Å². The third-order valence-corrected chi connectivity index (χ3v) is 5.95. The molecule has 2 heterocycles. The molecule has 1 aliphatic rings. The molecule has 4 rings (SSSR count). The summed E-state index contributed by atoms with van der Waals surface area (Å²) < 4.78 is 9.46. The Bertz CT molecular complexity index is 1010. The minimum Gasteiger partial charge on any atom is -0.467 e. The quantitative estimate of drug-likeness (QED) is 0.641. The molecule has 1 atom stereocenters. The summed E-state index contributed by atoms with van der Waals surface area (Å²) in [6, 6.07) is 8.45. The average Bonchev–Trinajstić information content (AvgIpc) is 3.50. The van der Waals surface area contributed by atoms with E-state index in [0.29, 0.717) is 11.4 Å². The zero-order valence-corrected chi connectivity index (χ0v) is 17.8. The lowest BCUT2D eigenvalue weighted by Crippen LogP contribution is -2.46. The Morgan fingerprint density at radius 2 is 2.03 bits per heavy atom. The fraction of sp³-hybridized carbons (Fsp3) is 0.364. The number of rotatable bonds is 6. The highest BCUT2D eigenvalue weighted by atomic mass is 32.1. The first kappa shape index (κ1) is 20.3. The van der Waals surface area contributed by atoms with Gasteiger partial charge in [0.1, 0.15) is 5.76 Å². The summed E-state index contributed by atoms with van der Waals surface area (Å²) in [7, 11) is 0. The maximum atomic E-state index is 13.6. The number of carbonyl (C=O) groups excluding carboxylic acids is 2. The van der Waals surface area contributed by atoms with Crippen LogP contribution in [-0.2, 0) is 4.79 Å². The van der Waals surface area contributed by atoms with Gasteiger partial charge in [-0.05, 0) is 67.5 Å². The van der Waals surface area contributed by atoms with Crippen molar-refractivity contribution in [3.8, 4) is 0 Å². The van der Waals surface area contributed by atoms with Crippen molar-refractivity contribution in [1.29, 1.82) is 0 Å². The van der Waals surface area contributed by atoms with Crippen LogP contribution in [0.5, 0.6) is 0 Å². The Kier molecular flexibility index (Phi) is 5.94. The zero-order valence-electron chi connectivity index (χ0n) is 17.0. The Labute approximate surface area is 179 Å². The topological polar surface area (TPSA) is 88.3 Å². The molecule has 30 heavy (non-hydrogen) atoms. The van der Waals surface area contributed by atoms with Crippen molar-refractivity contribution in [3.63, 3.8) is 0 Å². The van der Waals surface area contributed by atoms with E-state index in [0.717, 1.165) is 48.3 Å². The number of nitrogens with one attached hydrogen (secondary N) is 1. The molecule has 7 nitrogen and oxygen atoms in total. The highest BCUT2D eigenvalue weighted by Gasteiger charge is 2.38. The van der Waals surface area contributed by atoms with E-state index in [9.17, 15) is 9.59 Å². The normalized spacial score (nSPS) is 15.1. The highest BCUT2D eigenvalue weighted by molar-refractivity contribution is 7.03. The van der Waals surface area contributed by atoms with Crippen molar-refractivity contribution >= 4 is 29.0 Å². The lowest BCUT2D eigenvalue weighted by atomic mass is 10.0. The molecular weight excluding hydrogens is 400 g/mol. The Morgan fingerprint density at radius 1 is 1.23 bits per heavy atom. The summed E-state index contributed by atoms with van der Waals surface area (Å²) in [6.07, 6.45) is 5.61. The van der Waals surface area contributed by atoms with Crippen LogP contribution in [0, 0.1) is 13.8 Å². The Hall–Kier alpha value is -3.00. The standard InChI is InChI=1S/C22H24N4O3S/c1-14-9-10-15(2)18(12-14)26(22(28)17-13-30-25-24-17)20(19-8-5-11-29-19)21(27)23-16-6-3-4-7-16/h5,8-13,16,20H,3-4,6-7H2,1-2H3,(H,23,27). The predicted molar refractivity (Wildman–Crippen MR) is 114 cm³/mol. The number of benzene rings is 1. The zero-order chi connectivity index (χ0) is 21.1. The number of carbonyl (C=O) groups is 2. The van der Waals surface area contributed by atoms with Crippen molar-refractivity contribution in [2.45, 2.75) is 51.6 Å². The molecule has 1 unspecified atom stereocenters. The molecule has 2 amide bonds. The predicted octanol–water partition coefficient (Wildman–Crippen LogP) is 4.19. The molecule has 156 valence electrons. The largest absolute Gasteiger partial charge is 0.467 e. The number of aryl methyl sites for hydroxylation is 2. The van der Waals surface area contributed by atoms with Gasteiger partial charge >= 0.3 is 0 Å². The fourth-order valence-corrected chi connectivity index (χ4v) is 4.33. The number of furan rings is 1. The minimum atomic E-state index is -0.949. The molecule has 0 spiro atoms. The van der Waals surface area contributed by atoms with Crippen LogP contribution >= 0.6 is 11.5 Å². The molecule has 0 bridgehead atoms. The monoisotopic (exact) mass is 424 g/mol. The summed E-state index contributed by atoms with van der Waals surface area (Å²) in [5.74, 6) is -0.238. The van der Waals surface area contributed by atoms with Gasteiger partial charge in [0.15, 0.2) is 11.7 Å². The first-order valence-corrected chi connectivity index (χ1v) is 10.9. The second-order valence-electron chi connectivity index (χ2n) is 7.66. The third kappa shape index (κ3) is 4.14. The van der Waals surface area contributed by atoms with Crippen molar-refractivity contribution in [2.75, 3.05) is 4.90 Å². The molecule has 3 aromatic rings. The van der Waals surface area contributed by atoms with Crippen molar-refractivity contribution < 1.29 is 14.0 Å². The summed E-state index contributed by atoms with van der Waals surface area (Å²) in [5.41, 5.74) is 2.71. The fourth-order valence-electron chi connectivity index (χ4n) is 3.90. The van der Waals surface area contributed by atoms with Crippen LogP contribution in [0.15, 0.2) is 46.4 Å². The summed E-state index contributed by atoms with van der Waals surface area (Å²) in [4.78, 5) is 28.5. The Morgan fingerprint density at radius 3 is 2.70 bits per heavy atom. The van der Waals surface area contributed by atoms with Gasteiger partial charge in [-0.25, -0.2) is 0 Å². The molecule has 1 N–H and O–H groups in total. The molecule has 0 saturated heterocycles. The lowest BCUT2D eigenvalue weighted by molar-refractivity contribution is -0.123. The van der Waals surface area contributed by atoms with E-state index in [1.807, 2.05) is 32.0 Å². The molecule has 1 aliphatic carbocycles. The SMILES string of the molecule is Cc1ccc(C)c(N(C(=O)c2csnn2)C(C(=O)NC2CCCC2)c2ccco2)c1. The second-order valence-corrected chi connectivity index (χ2v) is 8.27. The first-order valence-electron chi connectivity index (χ1n) is 10.1. The first-order chi connectivity index (χ1) is 14.5. The minimum absolute atomic E-state index is 0.117. The van der Waals surface area contributed by atoms with Crippen LogP contribution in [0.2, 0.25) is 0 Å².